The first-order valence-electron chi connectivity index (χ1n) is 10.8. The maximum absolute atomic E-state index is 12.3. The zero-order valence-corrected chi connectivity index (χ0v) is 19.3. The molecule has 0 saturated carbocycles. The highest BCUT2D eigenvalue weighted by Crippen LogP contribution is 2.27. The Balaban J connectivity index is 1.50. The molecule has 1 N–H and O–H groups in total. The lowest BCUT2D eigenvalue weighted by Gasteiger charge is -2.14. The van der Waals surface area contributed by atoms with E-state index in [-0.39, 0.29) is 12.5 Å². The molecular weight excluding hydrogens is 416 g/mol. The van der Waals surface area contributed by atoms with Crippen LogP contribution >= 0.6 is 0 Å². The van der Waals surface area contributed by atoms with Gasteiger partial charge < -0.3 is 9.47 Å². The third-order valence-corrected chi connectivity index (χ3v) is 5.01. The van der Waals surface area contributed by atoms with E-state index < -0.39 is 5.97 Å². The first kappa shape index (κ1) is 23.7. The van der Waals surface area contributed by atoms with Crippen LogP contribution in [0.15, 0.2) is 71.8 Å². The molecule has 0 spiro atoms. The van der Waals surface area contributed by atoms with E-state index in [1.54, 1.807) is 36.4 Å². The number of benzene rings is 3. The van der Waals surface area contributed by atoms with Gasteiger partial charge in [-0.25, -0.2) is 10.2 Å². The average molecular weight is 445 g/mol. The fraction of sp³-hybridized carbons (Fsp3) is 0.222. The standard InChI is InChI=1S/C27H28N2O4/c1-18(2)23-14-9-19(3)15-25(23)32-17-26(30)29-28-16-21-10-12-22(13-11-21)33-27(31)24-8-6-5-7-20(24)4/h5-16,18H,17H2,1-4H3,(H,29,30)/b28-16-. The molecule has 0 unspecified atom stereocenters. The maximum Gasteiger partial charge on any atom is 0.343 e. The van der Waals surface area contributed by atoms with E-state index in [2.05, 4.69) is 24.4 Å². The Morgan fingerprint density at radius 3 is 2.42 bits per heavy atom. The Kier molecular flexibility index (Phi) is 7.97. The van der Waals surface area contributed by atoms with Gasteiger partial charge in [0.1, 0.15) is 11.5 Å². The van der Waals surface area contributed by atoms with E-state index in [0.717, 1.165) is 22.3 Å². The molecule has 0 heterocycles. The van der Waals surface area contributed by atoms with Gasteiger partial charge in [0.25, 0.3) is 5.91 Å². The fourth-order valence-electron chi connectivity index (χ4n) is 3.18. The van der Waals surface area contributed by atoms with Crippen LogP contribution in [0.5, 0.6) is 11.5 Å². The SMILES string of the molecule is Cc1ccc(C(C)C)c(OCC(=O)N/N=C\c2ccc(OC(=O)c3ccccc3C)cc2)c1. The van der Waals surface area contributed by atoms with Crippen molar-refractivity contribution in [2.75, 3.05) is 6.61 Å². The lowest BCUT2D eigenvalue weighted by molar-refractivity contribution is -0.123. The number of aryl methyl sites for hydroxylation is 2. The van der Waals surface area contributed by atoms with Gasteiger partial charge >= 0.3 is 5.97 Å². The van der Waals surface area contributed by atoms with Crippen molar-refractivity contribution >= 4 is 18.1 Å². The number of carbonyl (C=O) groups is 2. The molecule has 170 valence electrons. The maximum atomic E-state index is 12.3. The van der Waals surface area contributed by atoms with E-state index in [0.29, 0.717) is 23.0 Å². The summed E-state index contributed by atoms with van der Waals surface area (Å²) in [4.78, 5) is 24.4. The van der Waals surface area contributed by atoms with Crippen LogP contribution in [0, 0.1) is 13.8 Å². The van der Waals surface area contributed by atoms with Crippen molar-refractivity contribution in [2.24, 2.45) is 5.10 Å². The molecule has 3 aromatic carbocycles. The number of hydrazone groups is 1. The molecule has 0 aliphatic rings. The molecule has 0 fully saturated rings. The first-order chi connectivity index (χ1) is 15.8. The van der Waals surface area contributed by atoms with Gasteiger partial charge in [0, 0.05) is 0 Å². The average Bonchev–Trinajstić information content (AvgIpc) is 2.79. The number of esters is 1. The number of nitrogens with zero attached hydrogens (tertiary/aromatic N) is 1. The highest BCUT2D eigenvalue weighted by molar-refractivity contribution is 5.92. The Bertz CT molecular complexity index is 1150. The first-order valence-corrected chi connectivity index (χ1v) is 10.8. The molecule has 0 radical (unpaired) electrons. The van der Waals surface area contributed by atoms with Gasteiger partial charge in [0.15, 0.2) is 6.61 Å². The van der Waals surface area contributed by atoms with Crippen molar-refractivity contribution in [3.8, 4) is 11.5 Å². The second kappa shape index (κ2) is 11.1. The van der Waals surface area contributed by atoms with Crippen LogP contribution in [0.1, 0.15) is 52.4 Å². The highest BCUT2D eigenvalue weighted by Gasteiger charge is 2.11. The van der Waals surface area contributed by atoms with Crippen molar-refractivity contribution in [3.05, 3.63) is 94.5 Å². The number of hydrogen-bond donors (Lipinski definition) is 1. The summed E-state index contributed by atoms with van der Waals surface area (Å²) in [5.41, 5.74) is 6.71. The summed E-state index contributed by atoms with van der Waals surface area (Å²) in [6, 6.07) is 20.1. The third-order valence-electron chi connectivity index (χ3n) is 5.01. The molecular formula is C27H28N2O4. The van der Waals surface area contributed by atoms with Gasteiger partial charge in [0.05, 0.1) is 11.8 Å². The molecule has 3 rings (SSSR count). The van der Waals surface area contributed by atoms with Gasteiger partial charge in [-0.2, -0.15) is 5.10 Å². The van der Waals surface area contributed by atoms with Crippen molar-refractivity contribution in [2.45, 2.75) is 33.6 Å². The monoisotopic (exact) mass is 444 g/mol. The molecule has 0 aliphatic carbocycles. The quantitative estimate of drug-likeness (QED) is 0.225. The Labute approximate surface area is 194 Å². The van der Waals surface area contributed by atoms with Crippen molar-refractivity contribution in [3.63, 3.8) is 0 Å². The Morgan fingerprint density at radius 1 is 1.00 bits per heavy atom. The molecule has 0 saturated heterocycles. The lowest BCUT2D eigenvalue weighted by Crippen LogP contribution is -2.25. The predicted octanol–water partition coefficient (Wildman–Crippen LogP) is 5.18. The minimum Gasteiger partial charge on any atom is -0.483 e. The summed E-state index contributed by atoms with van der Waals surface area (Å²) in [6.45, 7) is 7.87. The van der Waals surface area contributed by atoms with Crippen LogP contribution in [0.4, 0.5) is 0 Å². The largest absolute Gasteiger partial charge is 0.483 e. The molecule has 6 nitrogen and oxygen atoms in total. The minimum atomic E-state index is -0.406. The van der Waals surface area contributed by atoms with Gasteiger partial charge in [-0.3, -0.25) is 4.79 Å². The summed E-state index contributed by atoms with van der Waals surface area (Å²) in [7, 11) is 0. The van der Waals surface area contributed by atoms with Crippen LogP contribution in [-0.2, 0) is 4.79 Å². The number of carbonyl (C=O) groups excluding carboxylic acids is 2. The van der Waals surface area contributed by atoms with Crippen LogP contribution in [0.3, 0.4) is 0 Å². The highest BCUT2D eigenvalue weighted by atomic mass is 16.5. The summed E-state index contributed by atoms with van der Waals surface area (Å²) >= 11 is 0. The predicted molar refractivity (Wildman–Crippen MR) is 129 cm³/mol. The van der Waals surface area contributed by atoms with E-state index in [9.17, 15) is 9.59 Å². The smallest absolute Gasteiger partial charge is 0.343 e. The fourth-order valence-corrected chi connectivity index (χ4v) is 3.18. The zero-order valence-electron chi connectivity index (χ0n) is 19.3. The number of ether oxygens (including phenoxy) is 2. The van der Waals surface area contributed by atoms with Crippen LogP contribution in [0.2, 0.25) is 0 Å². The van der Waals surface area contributed by atoms with Gasteiger partial charge in [0.2, 0.25) is 0 Å². The molecule has 0 aromatic heterocycles. The minimum absolute atomic E-state index is 0.131. The van der Waals surface area contributed by atoms with Gasteiger partial charge in [-0.1, -0.05) is 44.2 Å². The lowest BCUT2D eigenvalue weighted by atomic mass is 10.0. The Morgan fingerprint density at radius 2 is 1.73 bits per heavy atom. The number of amides is 1. The van der Waals surface area contributed by atoms with Crippen LogP contribution < -0.4 is 14.9 Å². The second-order valence-corrected chi connectivity index (χ2v) is 8.05. The second-order valence-electron chi connectivity index (χ2n) is 8.05. The van der Waals surface area contributed by atoms with Crippen molar-refractivity contribution in [1.29, 1.82) is 0 Å². The van der Waals surface area contributed by atoms with E-state index in [1.165, 1.54) is 6.21 Å². The number of hydrogen-bond acceptors (Lipinski definition) is 5. The number of rotatable bonds is 8. The molecule has 0 aliphatic heterocycles. The molecule has 6 heteroatoms. The third kappa shape index (κ3) is 6.77. The van der Waals surface area contributed by atoms with Crippen molar-refractivity contribution < 1.29 is 19.1 Å². The number of nitrogens with one attached hydrogen (secondary N) is 1. The summed E-state index contributed by atoms with van der Waals surface area (Å²) in [5, 5.41) is 3.97. The summed E-state index contributed by atoms with van der Waals surface area (Å²) in [5.74, 6) is 0.666. The van der Waals surface area contributed by atoms with E-state index in [1.807, 2.05) is 44.2 Å². The normalized spacial score (nSPS) is 10.9. The van der Waals surface area contributed by atoms with Gasteiger partial charge in [-0.05, 0) is 78.4 Å². The summed E-state index contributed by atoms with van der Waals surface area (Å²) < 4.78 is 11.1. The zero-order chi connectivity index (χ0) is 23.8. The van der Waals surface area contributed by atoms with Crippen LogP contribution in [-0.4, -0.2) is 24.7 Å². The van der Waals surface area contributed by atoms with Crippen LogP contribution in [0.25, 0.3) is 0 Å². The van der Waals surface area contributed by atoms with Crippen molar-refractivity contribution in [1.82, 2.24) is 5.43 Å². The molecule has 0 atom stereocenters. The molecule has 1 amide bonds. The van der Waals surface area contributed by atoms with Gasteiger partial charge in [-0.15, -0.1) is 0 Å². The molecule has 33 heavy (non-hydrogen) atoms. The van der Waals surface area contributed by atoms with E-state index >= 15 is 0 Å². The topological polar surface area (TPSA) is 77.0 Å². The van der Waals surface area contributed by atoms with E-state index in [4.69, 9.17) is 9.47 Å². The summed E-state index contributed by atoms with van der Waals surface area (Å²) in [6.07, 6.45) is 1.51. The molecule has 3 aromatic rings. The Hall–Kier alpha value is -3.93. The molecule has 0 bridgehead atoms.